The molecule has 0 aliphatic rings. The topological polar surface area (TPSA) is 93.2 Å². The quantitative estimate of drug-likeness (QED) is 0.560. The third-order valence-corrected chi connectivity index (χ3v) is 4.76. The van der Waals surface area contributed by atoms with Crippen molar-refractivity contribution in [2.75, 3.05) is 25.6 Å². The molecule has 1 aromatic heterocycles. The Bertz CT molecular complexity index is 1070. The number of hydrogen-bond acceptors (Lipinski definition) is 5. The monoisotopic (exact) mass is 406 g/mol. The van der Waals surface area contributed by atoms with Gasteiger partial charge in [-0.2, -0.15) is 0 Å². The van der Waals surface area contributed by atoms with E-state index in [-0.39, 0.29) is 11.8 Å². The standard InChI is InChI=1S/C23H26N4O3/c1-4-17-18(5-2)26-21-14-15(10-11-20(21)25-17)22(28)27-19-9-7-6-8-16(19)23(29)24-12-13-30-3/h6-11,14H,4-5,12-13H2,1-3H3,(H,24,29)(H,27,28). The molecule has 2 aromatic carbocycles. The van der Waals surface area contributed by atoms with E-state index in [1.54, 1.807) is 49.6 Å². The third kappa shape index (κ3) is 4.80. The molecule has 3 rings (SSSR count). The highest BCUT2D eigenvalue weighted by molar-refractivity contribution is 6.09. The molecule has 3 aromatic rings. The zero-order valence-electron chi connectivity index (χ0n) is 17.5. The second-order valence-corrected chi connectivity index (χ2v) is 6.78. The van der Waals surface area contributed by atoms with Gasteiger partial charge in [-0.25, -0.2) is 9.97 Å². The number of rotatable bonds is 8. The predicted octanol–water partition coefficient (Wildman–Crippen LogP) is 3.38. The van der Waals surface area contributed by atoms with Crippen molar-refractivity contribution < 1.29 is 14.3 Å². The van der Waals surface area contributed by atoms with Crippen molar-refractivity contribution in [1.82, 2.24) is 15.3 Å². The Morgan fingerprint density at radius 2 is 1.63 bits per heavy atom. The number of carbonyl (C=O) groups excluding carboxylic acids is 2. The Balaban J connectivity index is 1.84. The van der Waals surface area contributed by atoms with Gasteiger partial charge in [-0.05, 0) is 43.2 Å². The molecular weight excluding hydrogens is 380 g/mol. The van der Waals surface area contributed by atoms with E-state index in [2.05, 4.69) is 27.5 Å². The first kappa shape index (κ1) is 21.4. The van der Waals surface area contributed by atoms with Crippen LogP contribution in [-0.4, -0.2) is 42.0 Å². The molecule has 2 N–H and O–H groups in total. The summed E-state index contributed by atoms with van der Waals surface area (Å²) in [7, 11) is 1.57. The average molecular weight is 406 g/mol. The first-order chi connectivity index (χ1) is 14.6. The molecule has 0 aliphatic heterocycles. The van der Waals surface area contributed by atoms with Gasteiger partial charge < -0.3 is 15.4 Å². The van der Waals surface area contributed by atoms with E-state index in [9.17, 15) is 9.59 Å². The lowest BCUT2D eigenvalue weighted by Crippen LogP contribution is -2.28. The summed E-state index contributed by atoms with van der Waals surface area (Å²) in [4.78, 5) is 34.6. The van der Waals surface area contributed by atoms with Crippen LogP contribution >= 0.6 is 0 Å². The highest BCUT2D eigenvalue weighted by atomic mass is 16.5. The van der Waals surface area contributed by atoms with Crippen LogP contribution < -0.4 is 10.6 Å². The number of amides is 2. The van der Waals surface area contributed by atoms with Crippen LogP contribution in [0.5, 0.6) is 0 Å². The first-order valence-corrected chi connectivity index (χ1v) is 10.0. The summed E-state index contributed by atoms with van der Waals surface area (Å²) in [6, 6.07) is 12.2. The maximum Gasteiger partial charge on any atom is 0.255 e. The van der Waals surface area contributed by atoms with Gasteiger partial charge in [-0.15, -0.1) is 0 Å². The highest BCUT2D eigenvalue weighted by Gasteiger charge is 2.15. The molecule has 0 atom stereocenters. The van der Waals surface area contributed by atoms with Crippen molar-refractivity contribution in [3.05, 3.63) is 65.0 Å². The normalized spacial score (nSPS) is 10.8. The van der Waals surface area contributed by atoms with E-state index < -0.39 is 0 Å². The number of methoxy groups -OCH3 is 1. The molecule has 7 nitrogen and oxygen atoms in total. The number of hydrogen-bond donors (Lipinski definition) is 2. The molecule has 1 heterocycles. The number of carbonyl (C=O) groups is 2. The lowest BCUT2D eigenvalue weighted by molar-refractivity contribution is 0.0938. The van der Waals surface area contributed by atoms with Crippen molar-refractivity contribution in [1.29, 1.82) is 0 Å². The van der Waals surface area contributed by atoms with Gasteiger partial charge in [-0.1, -0.05) is 26.0 Å². The van der Waals surface area contributed by atoms with Crippen LogP contribution in [-0.2, 0) is 17.6 Å². The van der Waals surface area contributed by atoms with Crippen molar-refractivity contribution in [2.45, 2.75) is 26.7 Å². The number of aromatic nitrogens is 2. The minimum atomic E-state index is -0.312. The maximum absolute atomic E-state index is 12.9. The van der Waals surface area contributed by atoms with Gasteiger partial charge in [0, 0.05) is 19.2 Å². The Labute approximate surface area is 175 Å². The maximum atomic E-state index is 12.9. The molecular formula is C23H26N4O3. The van der Waals surface area contributed by atoms with Gasteiger partial charge in [0.25, 0.3) is 11.8 Å². The summed E-state index contributed by atoms with van der Waals surface area (Å²) in [5.41, 5.74) is 4.66. The molecule has 0 aliphatic carbocycles. The summed E-state index contributed by atoms with van der Waals surface area (Å²) in [5.74, 6) is -0.583. The molecule has 0 radical (unpaired) electrons. The second-order valence-electron chi connectivity index (χ2n) is 6.78. The van der Waals surface area contributed by atoms with E-state index in [0.717, 1.165) is 29.7 Å². The zero-order valence-corrected chi connectivity index (χ0v) is 17.5. The number of benzene rings is 2. The number of anilines is 1. The van der Waals surface area contributed by atoms with Crippen molar-refractivity contribution >= 4 is 28.5 Å². The summed E-state index contributed by atoms with van der Waals surface area (Å²) in [6.07, 6.45) is 1.60. The Kier molecular flexibility index (Phi) is 7.08. The molecule has 2 amide bonds. The van der Waals surface area contributed by atoms with Gasteiger partial charge in [-0.3, -0.25) is 9.59 Å². The minimum absolute atomic E-state index is 0.271. The number of ether oxygens (including phenoxy) is 1. The van der Waals surface area contributed by atoms with Gasteiger partial charge >= 0.3 is 0 Å². The summed E-state index contributed by atoms with van der Waals surface area (Å²) in [6.45, 7) is 4.90. The van der Waals surface area contributed by atoms with E-state index in [1.807, 2.05) is 6.92 Å². The third-order valence-electron chi connectivity index (χ3n) is 4.76. The van der Waals surface area contributed by atoms with Crippen LogP contribution in [0.25, 0.3) is 11.0 Å². The molecule has 0 spiro atoms. The summed E-state index contributed by atoms with van der Waals surface area (Å²) in [5, 5.41) is 5.60. The largest absolute Gasteiger partial charge is 0.383 e. The summed E-state index contributed by atoms with van der Waals surface area (Å²) < 4.78 is 4.95. The molecule has 0 bridgehead atoms. The molecule has 7 heteroatoms. The van der Waals surface area contributed by atoms with Crippen molar-refractivity contribution in [3.63, 3.8) is 0 Å². The molecule has 0 saturated heterocycles. The van der Waals surface area contributed by atoms with E-state index in [1.165, 1.54) is 0 Å². The minimum Gasteiger partial charge on any atom is -0.383 e. The molecule has 156 valence electrons. The van der Waals surface area contributed by atoms with Gasteiger partial charge in [0.2, 0.25) is 0 Å². The van der Waals surface area contributed by atoms with Crippen LogP contribution in [0.1, 0.15) is 46.0 Å². The average Bonchev–Trinajstić information content (AvgIpc) is 2.78. The van der Waals surface area contributed by atoms with Gasteiger partial charge in [0.05, 0.1) is 40.3 Å². The van der Waals surface area contributed by atoms with Gasteiger partial charge in [0.1, 0.15) is 0 Å². The number of nitrogens with zero attached hydrogens (tertiary/aromatic N) is 2. The Morgan fingerprint density at radius 3 is 2.33 bits per heavy atom. The van der Waals surface area contributed by atoms with E-state index in [0.29, 0.717) is 35.5 Å². The second kappa shape index (κ2) is 9.93. The van der Waals surface area contributed by atoms with Crippen LogP contribution in [0.3, 0.4) is 0 Å². The van der Waals surface area contributed by atoms with Crippen molar-refractivity contribution in [3.8, 4) is 0 Å². The summed E-state index contributed by atoms with van der Waals surface area (Å²) >= 11 is 0. The fourth-order valence-electron chi connectivity index (χ4n) is 3.18. The number of fused-ring (bicyclic) bond motifs is 1. The lowest BCUT2D eigenvalue weighted by Gasteiger charge is -2.12. The number of para-hydroxylation sites is 1. The fraction of sp³-hybridized carbons (Fsp3) is 0.304. The van der Waals surface area contributed by atoms with E-state index >= 15 is 0 Å². The van der Waals surface area contributed by atoms with Crippen LogP contribution in [0.4, 0.5) is 5.69 Å². The van der Waals surface area contributed by atoms with Crippen LogP contribution in [0.15, 0.2) is 42.5 Å². The van der Waals surface area contributed by atoms with Crippen LogP contribution in [0, 0.1) is 0 Å². The lowest BCUT2D eigenvalue weighted by atomic mass is 10.1. The Hall–Kier alpha value is -3.32. The Morgan fingerprint density at radius 1 is 0.933 bits per heavy atom. The highest BCUT2D eigenvalue weighted by Crippen LogP contribution is 2.19. The van der Waals surface area contributed by atoms with E-state index in [4.69, 9.17) is 4.74 Å². The SMILES string of the molecule is CCc1nc2ccc(C(=O)Nc3ccccc3C(=O)NCCOC)cc2nc1CC. The molecule has 30 heavy (non-hydrogen) atoms. The number of aryl methyl sites for hydroxylation is 2. The van der Waals surface area contributed by atoms with Crippen molar-refractivity contribution in [2.24, 2.45) is 0 Å². The first-order valence-electron chi connectivity index (χ1n) is 10.0. The number of nitrogens with one attached hydrogen (secondary N) is 2. The molecule has 0 fully saturated rings. The molecule has 0 unspecified atom stereocenters. The van der Waals surface area contributed by atoms with Crippen LogP contribution in [0.2, 0.25) is 0 Å². The van der Waals surface area contributed by atoms with Gasteiger partial charge in [0.15, 0.2) is 0 Å². The predicted molar refractivity (Wildman–Crippen MR) is 117 cm³/mol. The fourth-order valence-corrected chi connectivity index (χ4v) is 3.18. The smallest absolute Gasteiger partial charge is 0.255 e. The molecule has 0 saturated carbocycles. The zero-order chi connectivity index (χ0) is 21.5.